The molecule has 0 radical (unpaired) electrons. The maximum atomic E-state index is 13.5. The molecule has 0 spiro atoms. The minimum Gasteiger partial charge on any atom is -0.457 e. The smallest absolute Gasteiger partial charge is 0.338 e. The maximum Gasteiger partial charge on any atom is 0.338 e. The van der Waals surface area contributed by atoms with E-state index in [0.29, 0.717) is 47.6 Å². The number of halogens is 1. The fraction of sp³-hybridized carbons (Fsp3) is 0.310. The van der Waals surface area contributed by atoms with Crippen LogP contribution >= 0.6 is 23.4 Å². The molecule has 0 aliphatic carbocycles. The van der Waals surface area contributed by atoms with Crippen LogP contribution < -0.4 is 0 Å². The van der Waals surface area contributed by atoms with Gasteiger partial charge in [0, 0.05) is 43.8 Å². The van der Waals surface area contributed by atoms with Crippen molar-refractivity contribution in [2.75, 3.05) is 26.2 Å². The fourth-order valence-electron chi connectivity index (χ4n) is 4.93. The van der Waals surface area contributed by atoms with Crippen LogP contribution in [0.1, 0.15) is 37.4 Å². The van der Waals surface area contributed by atoms with Crippen LogP contribution in [0.4, 0.5) is 0 Å². The summed E-state index contributed by atoms with van der Waals surface area (Å²) in [6.07, 6.45) is 0.154. The molecule has 3 aliphatic heterocycles. The number of nitrogens with zero attached hydrogens (tertiary/aromatic N) is 4. The van der Waals surface area contributed by atoms with Crippen LogP contribution in [-0.4, -0.2) is 63.8 Å². The molecule has 0 bridgehead atoms. The average molecular weight is 565 g/mol. The quantitative estimate of drug-likeness (QED) is 0.471. The fourth-order valence-corrected chi connectivity index (χ4v) is 6.02. The van der Waals surface area contributed by atoms with Crippen LogP contribution in [0.5, 0.6) is 0 Å². The molecular formula is C29H29ClN4O4S. The summed E-state index contributed by atoms with van der Waals surface area (Å²) < 4.78 is 5.75. The van der Waals surface area contributed by atoms with Gasteiger partial charge in [0.15, 0.2) is 5.17 Å². The molecule has 2 amide bonds. The highest BCUT2D eigenvalue weighted by Crippen LogP contribution is 2.45. The lowest BCUT2D eigenvalue weighted by Crippen LogP contribution is -2.50. The van der Waals surface area contributed by atoms with E-state index >= 15 is 0 Å². The van der Waals surface area contributed by atoms with E-state index in [2.05, 4.69) is 0 Å². The van der Waals surface area contributed by atoms with Crippen LogP contribution in [0.3, 0.4) is 0 Å². The highest BCUT2D eigenvalue weighted by atomic mass is 35.5. The van der Waals surface area contributed by atoms with Crippen LogP contribution in [0, 0.1) is 0 Å². The number of esters is 1. The second kappa shape index (κ2) is 11.7. The van der Waals surface area contributed by atoms with Gasteiger partial charge in [-0.05, 0) is 35.6 Å². The summed E-state index contributed by atoms with van der Waals surface area (Å²) in [5.41, 5.74) is 3.49. The first-order chi connectivity index (χ1) is 18.8. The summed E-state index contributed by atoms with van der Waals surface area (Å²) in [7, 11) is 0. The number of aliphatic imine (C=N–C) groups is 1. The zero-order valence-corrected chi connectivity index (χ0v) is 23.4. The average Bonchev–Trinajstić information content (AvgIpc) is 3.33. The van der Waals surface area contributed by atoms with Crippen molar-refractivity contribution in [1.29, 1.82) is 0 Å². The number of ether oxygens (including phenoxy) is 1. The first kappa shape index (κ1) is 27.0. The number of hydrogen-bond donors (Lipinski definition) is 0. The minimum absolute atomic E-state index is 0.0193. The van der Waals surface area contributed by atoms with Crippen molar-refractivity contribution in [3.8, 4) is 0 Å². The number of thioether (sulfide) groups is 1. The number of allylic oxidation sites excluding steroid dienone is 1. The lowest BCUT2D eigenvalue weighted by Gasteiger charge is -2.37. The topological polar surface area (TPSA) is 82.5 Å². The Morgan fingerprint density at radius 3 is 2.33 bits per heavy atom. The molecular weight excluding hydrogens is 536 g/mol. The van der Waals surface area contributed by atoms with Gasteiger partial charge in [-0.2, -0.15) is 0 Å². The normalized spacial score (nSPS) is 18.9. The maximum absolute atomic E-state index is 13.5. The van der Waals surface area contributed by atoms with E-state index in [4.69, 9.17) is 21.3 Å². The Kier molecular flexibility index (Phi) is 8.09. The zero-order chi connectivity index (χ0) is 27.5. The summed E-state index contributed by atoms with van der Waals surface area (Å²) in [5.74, 6) is -0.464. The van der Waals surface area contributed by atoms with Crippen molar-refractivity contribution >= 4 is 46.3 Å². The monoisotopic (exact) mass is 564 g/mol. The molecule has 0 aromatic heterocycles. The Balaban J connectivity index is 1.40. The van der Waals surface area contributed by atoms with Gasteiger partial charge >= 0.3 is 5.97 Å². The summed E-state index contributed by atoms with van der Waals surface area (Å²) in [6.45, 7) is 5.54. The van der Waals surface area contributed by atoms with Gasteiger partial charge in [0.1, 0.15) is 6.61 Å². The predicted molar refractivity (Wildman–Crippen MR) is 152 cm³/mol. The molecule has 3 heterocycles. The van der Waals surface area contributed by atoms with E-state index in [-0.39, 0.29) is 24.8 Å². The van der Waals surface area contributed by atoms with Crippen LogP contribution in [0.2, 0.25) is 5.02 Å². The Morgan fingerprint density at radius 2 is 1.67 bits per heavy atom. The number of piperazine rings is 1. The number of benzene rings is 2. The summed E-state index contributed by atoms with van der Waals surface area (Å²) in [6, 6.07) is 16.3. The van der Waals surface area contributed by atoms with Crippen molar-refractivity contribution in [3.05, 3.63) is 93.1 Å². The third-order valence-electron chi connectivity index (χ3n) is 7.03. The Bertz CT molecular complexity index is 1370. The number of fused-ring (bicyclic) bond motifs is 1. The van der Waals surface area contributed by atoms with Gasteiger partial charge in [-0.3, -0.25) is 9.59 Å². The molecule has 1 fully saturated rings. The van der Waals surface area contributed by atoms with Crippen molar-refractivity contribution in [2.45, 2.75) is 32.9 Å². The Labute approximate surface area is 236 Å². The van der Waals surface area contributed by atoms with Crippen molar-refractivity contribution in [3.63, 3.8) is 0 Å². The summed E-state index contributed by atoms with van der Waals surface area (Å²) >= 11 is 7.62. The number of carbonyl (C=O) groups excluding carboxylic acids is 3. The molecule has 2 aromatic rings. The van der Waals surface area contributed by atoms with E-state index in [0.717, 1.165) is 16.8 Å². The largest absolute Gasteiger partial charge is 0.457 e. The SMILES string of the molecule is CC(=O)N1CCN(C(=O)CC2=CSC3=NC(C)=C(C(=O)OCc4ccccc4)[C@H](c4ccc(Cl)cc4)N23)CC1. The Hall–Kier alpha value is -3.56. The second-order valence-corrected chi connectivity index (χ2v) is 10.8. The van der Waals surface area contributed by atoms with Crippen molar-refractivity contribution in [1.82, 2.24) is 14.7 Å². The van der Waals surface area contributed by atoms with Gasteiger partial charge in [-0.15, -0.1) is 0 Å². The molecule has 1 saturated heterocycles. The van der Waals surface area contributed by atoms with E-state index in [1.807, 2.05) is 59.7 Å². The standard InChI is InChI=1S/C29H29ClN4O4S/c1-19-26(28(37)38-17-21-6-4-3-5-7-21)27(22-8-10-23(30)11-9-22)34-24(18-39-29(34)31-19)16-25(36)33-14-12-32(13-15-33)20(2)35/h3-11,18,27H,12-17H2,1-2H3/t27-/m0/s1. The molecule has 3 aliphatic rings. The van der Waals surface area contributed by atoms with E-state index in [1.165, 1.54) is 11.8 Å². The molecule has 2 aromatic carbocycles. The highest BCUT2D eigenvalue weighted by molar-refractivity contribution is 8.16. The number of hydrogen-bond acceptors (Lipinski definition) is 7. The highest BCUT2D eigenvalue weighted by Gasteiger charge is 2.41. The molecule has 5 rings (SSSR count). The zero-order valence-electron chi connectivity index (χ0n) is 21.8. The number of rotatable bonds is 6. The minimum atomic E-state index is -0.526. The summed E-state index contributed by atoms with van der Waals surface area (Å²) in [4.78, 5) is 48.8. The molecule has 39 heavy (non-hydrogen) atoms. The van der Waals surface area contributed by atoms with E-state index in [9.17, 15) is 14.4 Å². The van der Waals surface area contributed by atoms with E-state index in [1.54, 1.807) is 28.9 Å². The predicted octanol–water partition coefficient (Wildman–Crippen LogP) is 4.74. The molecule has 0 saturated carbocycles. The van der Waals surface area contributed by atoms with Crippen LogP contribution in [-0.2, 0) is 25.7 Å². The lowest BCUT2D eigenvalue weighted by molar-refractivity contribution is -0.141. The summed E-state index contributed by atoms with van der Waals surface area (Å²) in [5, 5.41) is 3.22. The van der Waals surface area contributed by atoms with Crippen molar-refractivity contribution in [2.24, 2.45) is 4.99 Å². The van der Waals surface area contributed by atoms with Crippen molar-refractivity contribution < 1.29 is 19.1 Å². The number of amides is 2. The van der Waals surface area contributed by atoms with E-state index < -0.39 is 12.0 Å². The number of amidine groups is 1. The number of carbonyl (C=O) groups is 3. The Morgan fingerprint density at radius 1 is 1.00 bits per heavy atom. The molecule has 8 nitrogen and oxygen atoms in total. The first-order valence-corrected chi connectivity index (χ1v) is 14.0. The molecule has 10 heteroatoms. The second-order valence-electron chi connectivity index (χ2n) is 9.57. The first-order valence-electron chi connectivity index (χ1n) is 12.8. The third kappa shape index (κ3) is 5.89. The van der Waals surface area contributed by atoms with Gasteiger partial charge < -0.3 is 19.4 Å². The molecule has 1 atom stereocenters. The molecule has 0 N–H and O–H groups in total. The van der Waals surface area contributed by atoms with Gasteiger partial charge in [0.05, 0.1) is 23.7 Å². The van der Waals surface area contributed by atoms with Gasteiger partial charge in [0.2, 0.25) is 11.8 Å². The third-order valence-corrected chi connectivity index (χ3v) is 8.17. The molecule has 202 valence electrons. The van der Waals surface area contributed by atoms with Crippen LogP contribution in [0.25, 0.3) is 0 Å². The molecule has 0 unspecified atom stereocenters. The lowest BCUT2D eigenvalue weighted by atomic mass is 9.94. The van der Waals surface area contributed by atoms with Crippen LogP contribution in [0.15, 0.2) is 82.0 Å². The van der Waals surface area contributed by atoms with Gasteiger partial charge in [0.25, 0.3) is 0 Å². The van der Waals surface area contributed by atoms with Gasteiger partial charge in [-0.25, -0.2) is 9.79 Å². The van der Waals surface area contributed by atoms with Gasteiger partial charge in [-0.1, -0.05) is 65.8 Å².